The molecule has 0 fully saturated rings. The Morgan fingerprint density at radius 3 is 2.60 bits per heavy atom. The fourth-order valence-electron chi connectivity index (χ4n) is 1.74. The Kier molecular flexibility index (Phi) is 4.55. The first-order chi connectivity index (χ1) is 9.72. The number of carboxylic acids is 1. The Morgan fingerprint density at radius 2 is 1.95 bits per heavy atom. The van der Waals surface area contributed by atoms with Gasteiger partial charge in [0.1, 0.15) is 12.2 Å². The Morgan fingerprint density at radius 1 is 1.20 bits per heavy atom. The molecule has 5 heteroatoms. The second-order valence-corrected chi connectivity index (χ2v) is 4.02. The van der Waals surface area contributed by atoms with Crippen LogP contribution in [0.4, 0.5) is 0 Å². The van der Waals surface area contributed by atoms with Gasteiger partial charge in [0.05, 0.1) is 6.61 Å². The number of hydrogen-bond donors (Lipinski definition) is 1. The summed E-state index contributed by atoms with van der Waals surface area (Å²) in [4.78, 5) is 15.2. The van der Waals surface area contributed by atoms with Gasteiger partial charge in [0.2, 0.25) is 0 Å². The van der Waals surface area contributed by atoms with Crippen molar-refractivity contribution in [2.45, 2.75) is 13.5 Å². The van der Waals surface area contributed by atoms with Crippen LogP contribution in [-0.2, 0) is 6.61 Å². The maximum absolute atomic E-state index is 11.2. The van der Waals surface area contributed by atoms with E-state index in [1.54, 1.807) is 24.5 Å². The number of nitrogens with zero attached hydrogens (tertiary/aromatic N) is 1. The molecule has 20 heavy (non-hydrogen) atoms. The molecule has 1 aromatic carbocycles. The summed E-state index contributed by atoms with van der Waals surface area (Å²) in [6.45, 7) is 2.53. The van der Waals surface area contributed by atoms with Crippen LogP contribution in [-0.4, -0.2) is 22.7 Å². The number of benzene rings is 1. The van der Waals surface area contributed by atoms with Gasteiger partial charge in [-0.05, 0) is 36.8 Å². The van der Waals surface area contributed by atoms with E-state index < -0.39 is 5.97 Å². The van der Waals surface area contributed by atoms with Crippen LogP contribution >= 0.6 is 0 Å². The average Bonchev–Trinajstić information content (AvgIpc) is 2.47. The first-order valence-electron chi connectivity index (χ1n) is 6.23. The van der Waals surface area contributed by atoms with E-state index in [0.29, 0.717) is 12.4 Å². The number of pyridine rings is 1. The zero-order valence-electron chi connectivity index (χ0n) is 11.1. The third-order valence-corrected chi connectivity index (χ3v) is 2.64. The number of carboxylic acid groups (broad SMARTS) is 1. The van der Waals surface area contributed by atoms with Crippen LogP contribution in [0.15, 0.2) is 42.7 Å². The smallest absolute Gasteiger partial charge is 0.339 e. The number of hydrogen-bond acceptors (Lipinski definition) is 4. The monoisotopic (exact) mass is 273 g/mol. The average molecular weight is 273 g/mol. The molecule has 1 N–H and O–H groups in total. The normalized spacial score (nSPS) is 10.1. The Labute approximate surface area is 116 Å². The molecule has 0 atom stereocenters. The SMILES string of the molecule is CCOc1cccc(C(=O)O)c1OCc1ccncc1. The third kappa shape index (κ3) is 3.26. The molecule has 0 unspecified atom stereocenters. The summed E-state index contributed by atoms with van der Waals surface area (Å²) < 4.78 is 11.1. The van der Waals surface area contributed by atoms with Crippen LogP contribution in [0.1, 0.15) is 22.8 Å². The van der Waals surface area contributed by atoms with Crippen LogP contribution in [0.25, 0.3) is 0 Å². The number of para-hydroxylation sites is 1. The molecular formula is C15H15NO4. The minimum atomic E-state index is -1.05. The summed E-state index contributed by atoms with van der Waals surface area (Å²) in [5.74, 6) is -0.364. The van der Waals surface area contributed by atoms with Crippen molar-refractivity contribution < 1.29 is 19.4 Å². The maximum Gasteiger partial charge on any atom is 0.339 e. The molecule has 0 aliphatic carbocycles. The molecule has 1 heterocycles. The molecule has 0 saturated carbocycles. The van der Waals surface area contributed by atoms with Gasteiger partial charge in [0.15, 0.2) is 11.5 Å². The predicted octanol–water partition coefficient (Wildman–Crippen LogP) is 2.76. The van der Waals surface area contributed by atoms with Gasteiger partial charge in [-0.1, -0.05) is 6.07 Å². The molecule has 5 nitrogen and oxygen atoms in total. The molecule has 1 aromatic heterocycles. The number of ether oxygens (including phenoxy) is 2. The number of rotatable bonds is 6. The van der Waals surface area contributed by atoms with Gasteiger partial charge in [-0.2, -0.15) is 0 Å². The summed E-state index contributed by atoms with van der Waals surface area (Å²) in [6, 6.07) is 8.44. The van der Waals surface area contributed by atoms with Crippen molar-refractivity contribution in [2.75, 3.05) is 6.61 Å². The molecule has 0 aliphatic rings. The van der Waals surface area contributed by atoms with Gasteiger partial charge >= 0.3 is 5.97 Å². The highest BCUT2D eigenvalue weighted by atomic mass is 16.5. The molecule has 0 radical (unpaired) electrons. The van der Waals surface area contributed by atoms with Crippen molar-refractivity contribution >= 4 is 5.97 Å². The van der Waals surface area contributed by atoms with E-state index in [1.807, 2.05) is 19.1 Å². The van der Waals surface area contributed by atoms with Crippen LogP contribution in [0.3, 0.4) is 0 Å². The van der Waals surface area contributed by atoms with Crippen molar-refractivity contribution in [3.63, 3.8) is 0 Å². The second kappa shape index (κ2) is 6.56. The predicted molar refractivity (Wildman–Crippen MR) is 73.1 cm³/mol. The zero-order chi connectivity index (χ0) is 14.4. The van der Waals surface area contributed by atoms with Crippen LogP contribution < -0.4 is 9.47 Å². The van der Waals surface area contributed by atoms with Crippen molar-refractivity contribution in [3.05, 3.63) is 53.9 Å². The lowest BCUT2D eigenvalue weighted by Crippen LogP contribution is -2.06. The minimum absolute atomic E-state index is 0.0880. The number of aromatic carboxylic acids is 1. The number of aromatic nitrogens is 1. The summed E-state index contributed by atoms with van der Waals surface area (Å²) >= 11 is 0. The fourth-order valence-corrected chi connectivity index (χ4v) is 1.74. The van der Waals surface area contributed by atoms with Gasteiger partial charge < -0.3 is 14.6 Å². The molecule has 0 aliphatic heterocycles. The zero-order valence-corrected chi connectivity index (χ0v) is 11.1. The summed E-state index contributed by atoms with van der Waals surface area (Å²) in [6.07, 6.45) is 3.32. The highest BCUT2D eigenvalue weighted by molar-refractivity contribution is 5.92. The third-order valence-electron chi connectivity index (χ3n) is 2.64. The van der Waals surface area contributed by atoms with Gasteiger partial charge in [0, 0.05) is 12.4 Å². The lowest BCUT2D eigenvalue weighted by molar-refractivity contribution is 0.0690. The maximum atomic E-state index is 11.2. The highest BCUT2D eigenvalue weighted by Gasteiger charge is 2.16. The van der Waals surface area contributed by atoms with Crippen molar-refractivity contribution in [2.24, 2.45) is 0 Å². The summed E-state index contributed by atoms with van der Waals surface area (Å²) in [5, 5.41) is 9.21. The fraction of sp³-hybridized carbons (Fsp3) is 0.200. The molecule has 104 valence electrons. The molecular weight excluding hydrogens is 258 g/mol. The van der Waals surface area contributed by atoms with Crippen molar-refractivity contribution in [1.82, 2.24) is 4.98 Å². The van der Waals surface area contributed by atoms with E-state index in [2.05, 4.69) is 4.98 Å². The largest absolute Gasteiger partial charge is 0.490 e. The minimum Gasteiger partial charge on any atom is -0.490 e. The lowest BCUT2D eigenvalue weighted by Gasteiger charge is -2.14. The Bertz CT molecular complexity index is 584. The Balaban J connectivity index is 2.26. The number of carbonyl (C=O) groups is 1. The van der Waals surface area contributed by atoms with Gasteiger partial charge in [-0.25, -0.2) is 4.79 Å². The Hall–Kier alpha value is -2.56. The van der Waals surface area contributed by atoms with E-state index in [-0.39, 0.29) is 17.9 Å². The lowest BCUT2D eigenvalue weighted by atomic mass is 10.2. The molecule has 2 aromatic rings. The molecule has 0 amide bonds. The van der Waals surface area contributed by atoms with E-state index in [0.717, 1.165) is 5.56 Å². The van der Waals surface area contributed by atoms with Crippen LogP contribution in [0, 0.1) is 0 Å². The van der Waals surface area contributed by atoms with E-state index >= 15 is 0 Å². The highest BCUT2D eigenvalue weighted by Crippen LogP contribution is 2.32. The van der Waals surface area contributed by atoms with Gasteiger partial charge in [0.25, 0.3) is 0 Å². The van der Waals surface area contributed by atoms with E-state index in [1.165, 1.54) is 6.07 Å². The first kappa shape index (κ1) is 13.9. The summed E-state index contributed by atoms with van der Waals surface area (Å²) in [5.41, 5.74) is 0.993. The quantitative estimate of drug-likeness (QED) is 0.876. The van der Waals surface area contributed by atoms with Gasteiger partial charge in [-0.3, -0.25) is 4.98 Å². The van der Waals surface area contributed by atoms with Crippen molar-refractivity contribution in [1.29, 1.82) is 0 Å². The van der Waals surface area contributed by atoms with Gasteiger partial charge in [-0.15, -0.1) is 0 Å². The first-order valence-corrected chi connectivity index (χ1v) is 6.23. The van der Waals surface area contributed by atoms with Crippen LogP contribution in [0.2, 0.25) is 0 Å². The van der Waals surface area contributed by atoms with Crippen LogP contribution in [0.5, 0.6) is 11.5 Å². The summed E-state index contributed by atoms with van der Waals surface area (Å²) in [7, 11) is 0. The van der Waals surface area contributed by atoms with Crippen molar-refractivity contribution in [3.8, 4) is 11.5 Å². The molecule has 2 rings (SSSR count). The van der Waals surface area contributed by atoms with E-state index in [4.69, 9.17) is 9.47 Å². The second-order valence-electron chi connectivity index (χ2n) is 4.02. The molecule has 0 spiro atoms. The van der Waals surface area contributed by atoms with E-state index in [9.17, 15) is 9.90 Å². The topological polar surface area (TPSA) is 68.7 Å². The molecule has 0 saturated heterocycles. The molecule has 0 bridgehead atoms. The standard InChI is InChI=1S/C15H15NO4/c1-2-19-13-5-3-4-12(15(17)18)14(13)20-10-11-6-8-16-9-7-11/h3-9H,2,10H2,1H3,(H,17,18).